The van der Waals surface area contributed by atoms with Crippen LogP contribution in [0.25, 0.3) is 10.9 Å². The van der Waals surface area contributed by atoms with Gasteiger partial charge in [-0.1, -0.05) is 11.6 Å². The zero-order chi connectivity index (χ0) is 11.1. The van der Waals surface area contributed by atoms with Gasteiger partial charge in [0.05, 0.1) is 6.20 Å². The molecule has 78 valence electrons. The fourth-order valence-electron chi connectivity index (χ4n) is 1.00. The highest BCUT2D eigenvalue weighted by atomic mass is 35.5. The smallest absolute Gasteiger partial charge is 0.226 e. The Kier molecular flexibility index (Phi) is 2.28. The maximum absolute atomic E-state index is 11.2. The van der Waals surface area contributed by atoms with E-state index in [9.17, 15) is 8.42 Å². The molecule has 2 aromatic heterocycles. The van der Waals surface area contributed by atoms with Gasteiger partial charge in [-0.05, 0) is 0 Å². The van der Waals surface area contributed by atoms with Crippen LogP contribution < -0.4 is 0 Å². The van der Waals surface area contributed by atoms with Crippen molar-refractivity contribution in [1.29, 1.82) is 0 Å². The van der Waals surface area contributed by atoms with Gasteiger partial charge >= 0.3 is 0 Å². The predicted molar refractivity (Wildman–Crippen MR) is 53.2 cm³/mol. The van der Waals surface area contributed by atoms with Gasteiger partial charge in [0, 0.05) is 17.8 Å². The van der Waals surface area contributed by atoms with Crippen molar-refractivity contribution < 1.29 is 8.42 Å². The molecule has 2 heterocycles. The molecule has 8 heteroatoms. The van der Waals surface area contributed by atoms with E-state index in [2.05, 4.69) is 20.2 Å². The normalized spacial score (nSPS) is 11.9. The minimum atomic E-state index is -3.44. The van der Waals surface area contributed by atoms with Gasteiger partial charge in [0.25, 0.3) is 0 Å². The van der Waals surface area contributed by atoms with Crippen LogP contribution in [0.1, 0.15) is 0 Å². The summed E-state index contributed by atoms with van der Waals surface area (Å²) in [7, 11) is -3.44. The Balaban J connectivity index is 2.81. The highest BCUT2D eigenvalue weighted by Gasteiger charge is 2.13. The fourth-order valence-corrected chi connectivity index (χ4v) is 1.70. The van der Waals surface area contributed by atoms with E-state index in [0.29, 0.717) is 5.39 Å². The van der Waals surface area contributed by atoms with Crippen molar-refractivity contribution in [3.63, 3.8) is 0 Å². The lowest BCUT2D eigenvalue weighted by molar-refractivity contribution is 0.593. The van der Waals surface area contributed by atoms with Crippen LogP contribution in [0.3, 0.4) is 0 Å². The van der Waals surface area contributed by atoms with Crippen molar-refractivity contribution in [2.75, 3.05) is 6.26 Å². The number of hydrogen-bond acceptors (Lipinski definition) is 6. The maximum atomic E-state index is 11.2. The summed E-state index contributed by atoms with van der Waals surface area (Å²) in [5.41, 5.74) is 0.280. The highest BCUT2D eigenvalue weighted by Crippen LogP contribution is 2.17. The monoisotopic (exact) mass is 244 g/mol. The molecular formula is C7H5ClN4O2S. The van der Waals surface area contributed by atoms with E-state index in [1.165, 1.54) is 12.4 Å². The number of sulfone groups is 1. The Hall–Kier alpha value is -1.34. The second-order valence-corrected chi connectivity index (χ2v) is 5.13. The number of rotatable bonds is 1. The van der Waals surface area contributed by atoms with E-state index in [1.807, 2.05) is 0 Å². The molecule has 0 saturated carbocycles. The van der Waals surface area contributed by atoms with Gasteiger partial charge in [0.15, 0.2) is 5.15 Å². The Labute approximate surface area is 90.3 Å². The molecule has 0 N–H and O–H groups in total. The second kappa shape index (κ2) is 3.35. The van der Waals surface area contributed by atoms with Gasteiger partial charge in [0.2, 0.25) is 15.0 Å². The molecule has 0 radical (unpaired) electrons. The first-order chi connectivity index (χ1) is 6.98. The highest BCUT2D eigenvalue weighted by molar-refractivity contribution is 7.90. The van der Waals surface area contributed by atoms with E-state index in [4.69, 9.17) is 11.6 Å². The number of fused-ring (bicyclic) bond motifs is 1. The zero-order valence-electron chi connectivity index (χ0n) is 7.55. The molecule has 2 rings (SSSR count). The molecule has 0 aliphatic rings. The molecule has 15 heavy (non-hydrogen) atoms. The molecule has 0 saturated heterocycles. The van der Waals surface area contributed by atoms with Crippen molar-refractivity contribution in [3.05, 3.63) is 17.5 Å². The van der Waals surface area contributed by atoms with Gasteiger partial charge in [-0.2, -0.15) is 5.10 Å². The van der Waals surface area contributed by atoms with Gasteiger partial charge in [-0.25, -0.2) is 18.4 Å². The molecule has 0 spiro atoms. The van der Waals surface area contributed by atoms with Crippen molar-refractivity contribution in [3.8, 4) is 0 Å². The Bertz CT molecular complexity index is 628. The number of aromatic nitrogens is 4. The van der Waals surface area contributed by atoms with E-state index >= 15 is 0 Å². The van der Waals surface area contributed by atoms with Crippen molar-refractivity contribution in [1.82, 2.24) is 20.2 Å². The summed E-state index contributed by atoms with van der Waals surface area (Å²) in [4.78, 5) is 7.51. The maximum Gasteiger partial charge on any atom is 0.247 e. The lowest BCUT2D eigenvalue weighted by Gasteiger charge is -1.99. The molecule has 0 unspecified atom stereocenters. The van der Waals surface area contributed by atoms with Crippen LogP contribution in [0.4, 0.5) is 0 Å². The third kappa shape index (κ3) is 1.88. The molecular weight excluding hydrogens is 240 g/mol. The van der Waals surface area contributed by atoms with Crippen molar-refractivity contribution in [2.24, 2.45) is 0 Å². The van der Waals surface area contributed by atoms with Crippen molar-refractivity contribution in [2.45, 2.75) is 5.16 Å². The zero-order valence-corrected chi connectivity index (χ0v) is 9.12. The minimum Gasteiger partial charge on any atom is -0.226 e. The van der Waals surface area contributed by atoms with Crippen LogP contribution >= 0.6 is 11.6 Å². The van der Waals surface area contributed by atoms with Crippen LogP contribution in [-0.2, 0) is 9.84 Å². The quantitative estimate of drug-likeness (QED) is 0.678. The summed E-state index contributed by atoms with van der Waals surface area (Å²) in [6.07, 6.45) is 3.78. The number of hydrogen-bond donors (Lipinski definition) is 0. The first-order valence-electron chi connectivity index (χ1n) is 3.82. The summed E-state index contributed by atoms with van der Waals surface area (Å²) >= 11 is 5.72. The molecule has 0 aliphatic carbocycles. The van der Waals surface area contributed by atoms with Crippen molar-refractivity contribution >= 4 is 32.3 Å². The molecule has 0 bridgehead atoms. The minimum absolute atomic E-state index is 0.0554. The number of nitrogens with zero attached hydrogens (tertiary/aromatic N) is 4. The van der Waals surface area contributed by atoms with E-state index < -0.39 is 9.84 Å². The van der Waals surface area contributed by atoms with Crippen LogP contribution in [0.2, 0.25) is 5.15 Å². The average Bonchev–Trinajstić information content (AvgIpc) is 2.16. The van der Waals surface area contributed by atoms with Gasteiger partial charge < -0.3 is 0 Å². The standard InChI is InChI=1S/C7H5ClN4O2S/c1-15(13,14)7-9-2-4-3-10-12-6(8)5(4)11-7/h2-3H,1H3. The molecule has 0 aliphatic heterocycles. The first kappa shape index (κ1) is 10.2. The summed E-state index contributed by atoms with van der Waals surface area (Å²) in [6.45, 7) is 0. The molecule has 2 aromatic rings. The van der Waals surface area contributed by atoms with E-state index in [-0.39, 0.29) is 15.8 Å². The Morgan fingerprint density at radius 1 is 1.33 bits per heavy atom. The second-order valence-electron chi connectivity index (χ2n) is 2.86. The van der Waals surface area contributed by atoms with Crippen LogP contribution in [0.5, 0.6) is 0 Å². The molecule has 6 nitrogen and oxygen atoms in total. The Morgan fingerprint density at radius 2 is 2.07 bits per heavy atom. The third-order valence-corrected chi connectivity index (χ3v) is 2.78. The molecule has 0 amide bonds. The largest absolute Gasteiger partial charge is 0.247 e. The lowest BCUT2D eigenvalue weighted by Crippen LogP contribution is -2.04. The molecule has 0 atom stereocenters. The average molecular weight is 245 g/mol. The van der Waals surface area contributed by atoms with Crippen LogP contribution in [0, 0.1) is 0 Å². The van der Waals surface area contributed by atoms with Gasteiger partial charge in [-0.3, -0.25) is 0 Å². The fraction of sp³-hybridized carbons (Fsp3) is 0.143. The summed E-state index contributed by atoms with van der Waals surface area (Å²) in [5.74, 6) is 0. The topological polar surface area (TPSA) is 85.7 Å². The molecule has 0 aromatic carbocycles. The summed E-state index contributed by atoms with van der Waals surface area (Å²) < 4.78 is 22.4. The van der Waals surface area contributed by atoms with E-state index in [1.54, 1.807) is 0 Å². The predicted octanol–water partition coefficient (Wildman–Crippen LogP) is 0.477. The SMILES string of the molecule is CS(=O)(=O)c1ncc2cnnc(Cl)c2n1. The lowest BCUT2D eigenvalue weighted by atomic mass is 10.4. The first-order valence-corrected chi connectivity index (χ1v) is 6.09. The molecule has 0 fully saturated rings. The van der Waals surface area contributed by atoms with Crippen LogP contribution in [0.15, 0.2) is 17.6 Å². The Morgan fingerprint density at radius 3 is 2.73 bits per heavy atom. The van der Waals surface area contributed by atoms with E-state index in [0.717, 1.165) is 6.26 Å². The summed E-state index contributed by atoms with van der Waals surface area (Å²) in [6, 6.07) is 0. The summed E-state index contributed by atoms with van der Waals surface area (Å²) in [5, 5.41) is 7.48. The van der Waals surface area contributed by atoms with Gasteiger partial charge in [0.1, 0.15) is 5.52 Å². The third-order valence-electron chi connectivity index (χ3n) is 1.66. The van der Waals surface area contributed by atoms with Crippen LogP contribution in [-0.4, -0.2) is 34.8 Å². The number of halogens is 1. The van der Waals surface area contributed by atoms with Gasteiger partial charge in [-0.15, -0.1) is 5.10 Å².